The summed E-state index contributed by atoms with van der Waals surface area (Å²) in [7, 11) is 0. The lowest BCUT2D eigenvalue weighted by Crippen LogP contribution is -2.51. The van der Waals surface area contributed by atoms with E-state index in [2.05, 4.69) is 38.5 Å². The number of allylic oxidation sites excluding steroid dienone is 2. The third kappa shape index (κ3) is 6.95. The van der Waals surface area contributed by atoms with Crippen LogP contribution in [0.5, 0.6) is 0 Å². The number of aromatic nitrogens is 2. The van der Waals surface area contributed by atoms with E-state index in [0.717, 1.165) is 61.3 Å². The number of nitrogens with zero attached hydrogens (tertiary/aromatic N) is 3. The van der Waals surface area contributed by atoms with E-state index in [1.165, 1.54) is 6.07 Å². The van der Waals surface area contributed by atoms with Crippen molar-refractivity contribution in [1.29, 1.82) is 0 Å². The van der Waals surface area contributed by atoms with E-state index in [1.807, 2.05) is 26.8 Å². The predicted molar refractivity (Wildman–Crippen MR) is 141 cm³/mol. The lowest BCUT2D eigenvalue weighted by molar-refractivity contribution is 0.0495. The zero-order valence-electron chi connectivity index (χ0n) is 21.8. The van der Waals surface area contributed by atoms with E-state index in [9.17, 15) is 9.18 Å². The van der Waals surface area contributed by atoms with Gasteiger partial charge in [-0.1, -0.05) is 13.0 Å². The first kappa shape index (κ1) is 25.9. The van der Waals surface area contributed by atoms with Crippen molar-refractivity contribution in [2.45, 2.75) is 78.0 Å². The van der Waals surface area contributed by atoms with Crippen LogP contribution in [0.15, 0.2) is 36.7 Å². The van der Waals surface area contributed by atoms with E-state index in [0.29, 0.717) is 24.7 Å². The Morgan fingerprint density at radius 2 is 2.06 bits per heavy atom. The van der Waals surface area contributed by atoms with E-state index < -0.39 is 5.60 Å². The van der Waals surface area contributed by atoms with Crippen LogP contribution in [0.3, 0.4) is 0 Å². The normalized spacial score (nSPS) is 20.5. The number of rotatable bonds is 6. The molecule has 194 valence electrons. The first-order valence-corrected chi connectivity index (χ1v) is 12.9. The lowest BCUT2D eigenvalue weighted by Gasteiger charge is -2.39. The zero-order valence-corrected chi connectivity index (χ0v) is 21.8. The molecule has 0 saturated carbocycles. The molecular weight excluding hydrogens is 457 g/mol. The quantitative estimate of drug-likeness (QED) is 0.518. The Labute approximate surface area is 213 Å². The molecule has 1 amide bonds. The van der Waals surface area contributed by atoms with Crippen molar-refractivity contribution in [2.24, 2.45) is 5.92 Å². The Hall–Kier alpha value is -3.16. The second-order valence-electron chi connectivity index (χ2n) is 10.9. The van der Waals surface area contributed by atoms with Crippen LogP contribution in [0, 0.1) is 11.7 Å². The van der Waals surface area contributed by atoms with Gasteiger partial charge in [0.05, 0.1) is 29.8 Å². The summed E-state index contributed by atoms with van der Waals surface area (Å²) in [4.78, 5) is 23.6. The van der Waals surface area contributed by atoms with Crippen molar-refractivity contribution in [2.75, 3.05) is 23.3 Å². The molecule has 2 aromatic rings. The van der Waals surface area contributed by atoms with Gasteiger partial charge in [-0.15, -0.1) is 0 Å². The fourth-order valence-electron chi connectivity index (χ4n) is 4.97. The minimum absolute atomic E-state index is 0.0188. The molecule has 8 heteroatoms. The van der Waals surface area contributed by atoms with Gasteiger partial charge in [-0.3, -0.25) is 4.98 Å². The summed E-state index contributed by atoms with van der Waals surface area (Å²) in [6, 6.07) is 5.21. The number of hydrogen-bond acceptors (Lipinski definition) is 6. The molecule has 1 saturated heterocycles. The average Bonchev–Trinajstić information content (AvgIpc) is 2.82. The number of carbonyl (C=O) groups is 1. The Kier molecular flexibility index (Phi) is 8.11. The average molecular weight is 496 g/mol. The lowest BCUT2D eigenvalue weighted by atomic mass is 9.95. The largest absolute Gasteiger partial charge is 0.444 e. The molecule has 3 heterocycles. The predicted octanol–water partition coefficient (Wildman–Crippen LogP) is 5.92. The first-order valence-electron chi connectivity index (χ1n) is 12.9. The highest BCUT2D eigenvalue weighted by Crippen LogP contribution is 2.31. The van der Waals surface area contributed by atoms with Gasteiger partial charge in [-0.05, 0) is 82.6 Å². The number of carbonyl (C=O) groups excluding carboxylic acids is 1. The van der Waals surface area contributed by atoms with Crippen LogP contribution in [-0.4, -0.2) is 40.8 Å². The fraction of sp³-hybridized carbons (Fsp3) is 0.536. The molecule has 36 heavy (non-hydrogen) atoms. The topological polar surface area (TPSA) is 79.4 Å². The van der Waals surface area contributed by atoms with Crippen molar-refractivity contribution in [1.82, 2.24) is 15.3 Å². The number of amides is 1. The maximum absolute atomic E-state index is 14.5. The fourth-order valence-corrected chi connectivity index (χ4v) is 4.97. The molecule has 1 fully saturated rings. The maximum Gasteiger partial charge on any atom is 0.407 e. The van der Waals surface area contributed by atoms with E-state index >= 15 is 0 Å². The van der Waals surface area contributed by atoms with Crippen molar-refractivity contribution in [3.63, 3.8) is 0 Å². The van der Waals surface area contributed by atoms with Crippen molar-refractivity contribution in [3.05, 3.63) is 53.9 Å². The van der Waals surface area contributed by atoms with Gasteiger partial charge in [0.15, 0.2) is 0 Å². The number of ether oxygens (including phenoxy) is 1. The Morgan fingerprint density at radius 1 is 1.22 bits per heavy atom. The molecular formula is C28H38FN5O2. The maximum atomic E-state index is 14.5. The standard InChI is InChI=1S/C28H38FN5O2/c1-19-14-22(33-27(35)36-28(2,3)4)18-34(17-19)25-12-13-30-16-24(25)31-15-21-10-11-23(29)26(32-21)20-8-6-5-7-9-20/h8,10-13,16,19,22,31H,5-7,9,14-15,17-18H2,1-4H3,(H,33,35)/t19-,22+/m1/s1. The molecule has 2 aromatic heterocycles. The summed E-state index contributed by atoms with van der Waals surface area (Å²) in [5.74, 6) is 0.129. The SMILES string of the molecule is C[C@@H]1C[C@H](NC(=O)OC(C)(C)C)CN(c2ccncc2NCc2ccc(F)c(C3=CCCCC3)n2)C1. The van der Waals surface area contributed by atoms with Gasteiger partial charge in [0.25, 0.3) is 0 Å². The molecule has 2 N–H and O–H groups in total. The molecule has 0 radical (unpaired) electrons. The third-order valence-corrected chi connectivity index (χ3v) is 6.48. The summed E-state index contributed by atoms with van der Waals surface area (Å²) in [6.07, 6.45) is 10.3. The van der Waals surface area contributed by atoms with Crippen molar-refractivity contribution < 1.29 is 13.9 Å². The van der Waals surface area contributed by atoms with Crippen LogP contribution >= 0.6 is 0 Å². The van der Waals surface area contributed by atoms with E-state index in [4.69, 9.17) is 4.74 Å². The number of pyridine rings is 2. The molecule has 0 bridgehead atoms. The molecule has 2 aliphatic rings. The van der Waals surface area contributed by atoms with Crippen LogP contribution in [0.1, 0.15) is 71.2 Å². The van der Waals surface area contributed by atoms with Gasteiger partial charge in [-0.25, -0.2) is 14.2 Å². The minimum atomic E-state index is -0.534. The summed E-state index contributed by atoms with van der Waals surface area (Å²) in [6.45, 7) is 9.79. The minimum Gasteiger partial charge on any atom is -0.444 e. The summed E-state index contributed by atoms with van der Waals surface area (Å²) < 4.78 is 20.0. The first-order chi connectivity index (χ1) is 17.2. The highest BCUT2D eigenvalue weighted by Gasteiger charge is 2.29. The summed E-state index contributed by atoms with van der Waals surface area (Å²) >= 11 is 0. The highest BCUT2D eigenvalue weighted by atomic mass is 19.1. The van der Waals surface area contributed by atoms with Gasteiger partial charge in [0.1, 0.15) is 17.1 Å². The monoisotopic (exact) mass is 495 g/mol. The number of halogens is 1. The number of nitrogens with one attached hydrogen (secondary N) is 2. The van der Waals surface area contributed by atoms with Crippen molar-refractivity contribution in [3.8, 4) is 0 Å². The Balaban J connectivity index is 1.45. The molecule has 0 aromatic carbocycles. The van der Waals surface area contributed by atoms with Crippen LogP contribution in [-0.2, 0) is 11.3 Å². The van der Waals surface area contributed by atoms with Crippen molar-refractivity contribution >= 4 is 23.0 Å². The highest BCUT2D eigenvalue weighted by molar-refractivity contribution is 5.70. The molecule has 4 rings (SSSR count). The van der Waals surface area contributed by atoms with E-state index in [1.54, 1.807) is 18.5 Å². The number of anilines is 2. The second kappa shape index (κ2) is 11.3. The summed E-state index contributed by atoms with van der Waals surface area (Å²) in [5, 5.41) is 6.49. The molecule has 1 aliphatic heterocycles. The number of alkyl carbamates (subject to hydrolysis) is 1. The van der Waals surface area contributed by atoms with Crippen LogP contribution in [0.2, 0.25) is 0 Å². The Morgan fingerprint density at radius 3 is 2.81 bits per heavy atom. The van der Waals surface area contributed by atoms with Gasteiger partial charge in [-0.2, -0.15) is 0 Å². The van der Waals surface area contributed by atoms with Gasteiger partial charge >= 0.3 is 6.09 Å². The molecule has 0 spiro atoms. The molecule has 0 unspecified atom stereocenters. The second-order valence-corrected chi connectivity index (χ2v) is 10.9. The number of piperidine rings is 1. The van der Waals surface area contributed by atoms with Crippen LogP contribution in [0.25, 0.3) is 5.57 Å². The summed E-state index contributed by atoms with van der Waals surface area (Å²) in [5.41, 5.74) is 3.63. The zero-order chi connectivity index (χ0) is 25.7. The van der Waals surface area contributed by atoms with Gasteiger partial charge in [0.2, 0.25) is 0 Å². The molecule has 2 atom stereocenters. The van der Waals surface area contributed by atoms with E-state index in [-0.39, 0.29) is 18.0 Å². The molecule has 7 nitrogen and oxygen atoms in total. The third-order valence-electron chi connectivity index (χ3n) is 6.48. The molecule has 1 aliphatic carbocycles. The van der Waals surface area contributed by atoms with Gasteiger partial charge < -0.3 is 20.3 Å². The van der Waals surface area contributed by atoms with Gasteiger partial charge in [0, 0.05) is 25.3 Å². The Bertz CT molecular complexity index is 1100. The number of hydrogen-bond donors (Lipinski definition) is 2. The van der Waals surface area contributed by atoms with Crippen LogP contribution < -0.4 is 15.5 Å². The van der Waals surface area contributed by atoms with Crippen LogP contribution in [0.4, 0.5) is 20.6 Å². The smallest absolute Gasteiger partial charge is 0.407 e.